The van der Waals surface area contributed by atoms with Crippen molar-refractivity contribution in [3.05, 3.63) is 0 Å². The van der Waals surface area contributed by atoms with Crippen molar-refractivity contribution in [2.24, 2.45) is 0 Å². The Morgan fingerprint density at radius 1 is 1.00 bits per heavy atom. The second-order valence-electron chi connectivity index (χ2n) is 6.82. The Kier molecular flexibility index (Phi) is 7.69. The maximum atomic E-state index is 12.7. The molecule has 0 aromatic carbocycles. The van der Waals surface area contributed by atoms with Crippen molar-refractivity contribution >= 4 is 12.0 Å². The van der Waals surface area contributed by atoms with Gasteiger partial charge in [-0.05, 0) is 32.6 Å². The molecule has 0 heterocycles. The average molecular weight is 324 g/mol. The zero-order valence-electron chi connectivity index (χ0n) is 14.5. The SMILES string of the molecule is CCOC(=O)CCN(C(=O)NC1CCCCC1)C1CCCCC1. The number of hydrogen-bond donors (Lipinski definition) is 1. The van der Waals surface area contributed by atoms with Gasteiger partial charge in [-0.25, -0.2) is 4.79 Å². The molecule has 0 radical (unpaired) electrons. The number of nitrogens with one attached hydrogen (secondary N) is 1. The van der Waals surface area contributed by atoms with Crippen LogP contribution in [0.4, 0.5) is 4.79 Å². The minimum absolute atomic E-state index is 0.0214. The van der Waals surface area contributed by atoms with Crippen LogP contribution in [0.1, 0.15) is 77.6 Å². The van der Waals surface area contributed by atoms with Gasteiger partial charge in [-0.3, -0.25) is 4.79 Å². The van der Waals surface area contributed by atoms with Gasteiger partial charge < -0.3 is 15.0 Å². The van der Waals surface area contributed by atoms with Crippen LogP contribution >= 0.6 is 0 Å². The molecule has 2 aliphatic carbocycles. The van der Waals surface area contributed by atoms with Gasteiger partial charge >= 0.3 is 12.0 Å². The molecule has 132 valence electrons. The third-order valence-electron chi connectivity index (χ3n) is 5.07. The molecular formula is C18H32N2O3. The lowest BCUT2D eigenvalue weighted by molar-refractivity contribution is -0.143. The fourth-order valence-corrected chi connectivity index (χ4v) is 3.79. The van der Waals surface area contributed by atoms with Gasteiger partial charge in [0.05, 0.1) is 13.0 Å². The number of carbonyl (C=O) groups excluding carboxylic acids is 2. The van der Waals surface area contributed by atoms with Crippen LogP contribution in [-0.2, 0) is 9.53 Å². The number of carbonyl (C=O) groups is 2. The van der Waals surface area contributed by atoms with E-state index in [9.17, 15) is 9.59 Å². The molecule has 0 unspecified atom stereocenters. The van der Waals surface area contributed by atoms with Crippen molar-refractivity contribution in [2.75, 3.05) is 13.2 Å². The Balaban J connectivity index is 1.90. The fraction of sp³-hybridized carbons (Fsp3) is 0.889. The van der Waals surface area contributed by atoms with Crippen molar-refractivity contribution in [3.8, 4) is 0 Å². The summed E-state index contributed by atoms with van der Waals surface area (Å²) >= 11 is 0. The van der Waals surface area contributed by atoms with E-state index < -0.39 is 0 Å². The van der Waals surface area contributed by atoms with E-state index in [2.05, 4.69) is 5.32 Å². The number of amides is 2. The van der Waals surface area contributed by atoms with Crippen molar-refractivity contribution < 1.29 is 14.3 Å². The van der Waals surface area contributed by atoms with Crippen LogP contribution in [0.5, 0.6) is 0 Å². The summed E-state index contributed by atoms with van der Waals surface area (Å²) in [5.74, 6) is -0.209. The molecule has 2 rings (SSSR count). The zero-order valence-corrected chi connectivity index (χ0v) is 14.5. The first-order chi connectivity index (χ1) is 11.2. The van der Waals surface area contributed by atoms with Gasteiger partial charge in [-0.1, -0.05) is 38.5 Å². The van der Waals surface area contributed by atoms with E-state index in [4.69, 9.17) is 4.74 Å². The van der Waals surface area contributed by atoms with E-state index in [0.717, 1.165) is 25.7 Å². The lowest BCUT2D eigenvalue weighted by atomic mass is 9.93. The number of nitrogens with zero attached hydrogens (tertiary/aromatic N) is 1. The summed E-state index contributed by atoms with van der Waals surface area (Å²) in [4.78, 5) is 26.3. The maximum absolute atomic E-state index is 12.7. The Morgan fingerprint density at radius 3 is 2.22 bits per heavy atom. The van der Waals surface area contributed by atoms with Gasteiger partial charge in [0.2, 0.25) is 0 Å². The van der Waals surface area contributed by atoms with Gasteiger partial charge in [0.1, 0.15) is 0 Å². The molecule has 0 saturated heterocycles. The molecule has 2 amide bonds. The number of esters is 1. The number of hydrogen-bond acceptors (Lipinski definition) is 3. The first kappa shape index (κ1) is 18.1. The van der Waals surface area contributed by atoms with Gasteiger partial charge in [0.25, 0.3) is 0 Å². The zero-order chi connectivity index (χ0) is 16.5. The molecular weight excluding hydrogens is 292 g/mol. The first-order valence-electron chi connectivity index (χ1n) is 9.43. The minimum Gasteiger partial charge on any atom is -0.466 e. The summed E-state index contributed by atoms with van der Waals surface area (Å²) in [6, 6.07) is 0.611. The Morgan fingerprint density at radius 2 is 1.61 bits per heavy atom. The molecule has 2 saturated carbocycles. The van der Waals surface area contributed by atoms with Crippen molar-refractivity contribution in [3.63, 3.8) is 0 Å². The Labute approximate surface area is 140 Å². The second-order valence-corrected chi connectivity index (χ2v) is 6.82. The maximum Gasteiger partial charge on any atom is 0.317 e. The molecule has 0 bridgehead atoms. The molecule has 0 atom stereocenters. The third kappa shape index (κ3) is 6.04. The molecule has 5 nitrogen and oxygen atoms in total. The predicted octanol–water partition coefficient (Wildman–Crippen LogP) is 3.62. The standard InChI is InChI=1S/C18H32N2O3/c1-2-23-17(21)13-14-20(16-11-7-4-8-12-16)18(22)19-15-9-5-3-6-10-15/h15-16H,2-14H2,1H3,(H,19,22). The van der Waals surface area contributed by atoms with Gasteiger partial charge in [-0.2, -0.15) is 0 Å². The highest BCUT2D eigenvalue weighted by atomic mass is 16.5. The quantitative estimate of drug-likeness (QED) is 0.759. The van der Waals surface area contributed by atoms with Gasteiger partial charge in [0, 0.05) is 18.6 Å². The normalized spacial score (nSPS) is 20.0. The summed E-state index contributed by atoms with van der Waals surface area (Å²) < 4.78 is 5.01. The fourth-order valence-electron chi connectivity index (χ4n) is 3.79. The largest absolute Gasteiger partial charge is 0.466 e. The lowest BCUT2D eigenvalue weighted by Gasteiger charge is -2.36. The van der Waals surface area contributed by atoms with Crippen LogP contribution < -0.4 is 5.32 Å². The van der Waals surface area contributed by atoms with Crippen LogP contribution in [0, 0.1) is 0 Å². The van der Waals surface area contributed by atoms with Crippen molar-refractivity contribution in [1.82, 2.24) is 10.2 Å². The van der Waals surface area contributed by atoms with Gasteiger partial charge in [-0.15, -0.1) is 0 Å². The molecule has 23 heavy (non-hydrogen) atoms. The first-order valence-corrected chi connectivity index (χ1v) is 9.43. The van der Waals surface area contributed by atoms with E-state index in [1.54, 1.807) is 0 Å². The van der Waals surface area contributed by atoms with E-state index in [1.807, 2.05) is 11.8 Å². The van der Waals surface area contributed by atoms with Crippen LogP contribution in [0.25, 0.3) is 0 Å². The average Bonchev–Trinajstić information content (AvgIpc) is 2.57. The van der Waals surface area contributed by atoms with E-state index in [-0.39, 0.29) is 18.0 Å². The highest BCUT2D eigenvalue weighted by molar-refractivity contribution is 5.76. The second kappa shape index (κ2) is 9.78. The van der Waals surface area contributed by atoms with Crippen LogP contribution in [0.15, 0.2) is 0 Å². The summed E-state index contributed by atoms with van der Waals surface area (Å²) in [5, 5.41) is 3.21. The highest BCUT2D eigenvalue weighted by Gasteiger charge is 2.27. The van der Waals surface area contributed by atoms with Crippen molar-refractivity contribution in [1.29, 1.82) is 0 Å². The number of urea groups is 1. The summed E-state index contributed by atoms with van der Waals surface area (Å²) in [5.41, 5.74) is 0. The van der Waals surface area contributed by atoms with Gasteiger partial charge in [0.15, 0.2) is 0 Å². The molecule has 0 aliphatic heterocycles. The van der Waals surface area contributed by atoms with Crippen LogP contribution in [0.3, 0.4) is 0 Å². The van der Waals surface area contributed by atoms with Crippen molar-refractivity contribution in [2.45, 2.75) is 89.6 Å². The third-order valence-corrected chi connectivity index (χ3v) is 5.07. The van der Waals surface area contributed by atoms with E-state index in [0.29, 0.717) is 25.6 Å². The Bertz CT molecular complexity index is 374. The highest BCUT2D eigenvalue weighted by Crippen LogP contribution is 2.24. The topological polar surface area (TPSA) is 58.6 Å². The molecule has 2 fully saturated rings. The number of rotatable bonds is 6. The lowest BCUT2D eigenvalue weighted by Crippen LogP contribution is -2.50. The molecule has 5 heteroatoms. The van der Waals surface area contributed by atoms with E-state index in [1.165, 1.54) is 38.5 Å². The summed E-state index contributed by atoms with van der Waals surface area (Å²) in [6.07, 6.45) is 11.9. The molecule has 1 N–H and O–H groups in total. The predicted molar refractivity (Wildman–Crippen MR) is 90.2 cm³/mol. The van der Waals surface area contributed by atoms with Crippen LogP contribution in [-0.4, -0.2) is 42.1 Å². The molecule has 0 aromatic heterocycles. The minimum atomic E-state index is -0.209. The van der Waals surface area contributed by atoms with Crippen LogP contribution in [0.2, 0.25) is 0 Å². The van der Waals surface area contributed by atoms with E-state index >= 15 is 0 Å². The molecule has 2 aliphatic rings. The number of ether oxygens (including phenoxy) is 1. The summed E-state index contributed by atoms with van der Waals surface area (Å²) in [6.45, 7) is 2.69. The monoisotopic (exact) mass is 324 g/mol. The smallest absolute Gasteiger partial charge is 0.317 e. The molecule has 0 aromatic rings. The Hall–Kier alpha value is -1.26. The molecule has 0 spiro atoms. The summed E-state index contributed by atoms with van der Waals surface area (Å²) in [7, 11) is 0.